The predicted octanol–water partition coefficient (Wildman–Crippen LogP) is 3.53. The third kappa shape index (κ3) is 5.15. The smallest absolute Gasteiger partial charge is 0.255 e. The number of nitrogens with zero attached hydrogens (tertiary/aromatic N) is 1. The number of carbonyl (C=O) groups is 2. The Morgan fingerprint density at radius 1 is 1.09 bits per heavy atom. The van der Waals surface area contributed by atoms with Crippen molar-refractivity contribution in [2.24, 2.45) is 5.92 Å². The van der Waals surface area contributed by atoms with E-state index in [-0.39, 0.29) is 17.9 Å². The van der Waals surface area contributed by atoms with E-state index in [9.17, 15) is 9.59 Å². The first-order valence-electron chi connectivity index (χ1n) is 13.0. The Labute approximate surface area is 202 Å². The lowest BCUT2D eigenvalue weighted by Gasteiger charge is -2.31. The molecule has 1 aromatic carbocycles. The second-order valence-electron chi connectivity index (χ2n) is 10.3. The van der Waals surface area contributed by atoms with Gasteiger partial charge in [-0.1, -0.05) is 19.4 Å². The van der Waals surface area contributed by atoms with Crippen molar-refractivity contribution in [2.75, 3.05) is 19.8 Å². The first-order chi connectivity index (χ1) is 16.6. The average Bonchev–Trinajstić information content (AvgIpc) is 3.00. The highest BCUT2D eigenvalue weighted by molar-refractivity contribution is 6.01. The van der Waals surface area contributed by atoms with E-state index in [1.165, 1.54) is 19.3 Å². The largest absolute Gasteiger partial charge is 0.489 e. The van der Waals surface area contributed by atoms with Gasteiger partial charge in [-0.15, -0.1) is 0 Å². The number of carbonyl (C=O) groups excluding carboxylic acids is 2. The molecule has 184 valence electrons. The minimum atomic E-state index is -0.435. The second kappa shape index (κ2) is 10.5. The highest BCUT2D eigenvalue weighted by Gasteiger charge is 2.38. The van der Waals surface area contributed by atoms with E-state index in [1.54, 1.807) is 4.90 Å². The maximum Gasteiger partial charge on any atom is 0.255 e. The molecule has 7 heteroatoms. The third-order valence-electron chi connectivity index (χ3n) is 7.86. The zero-order chi connectivity index (χ0) is 23.5. The van der Waals surface area contributed by atoms with Crippen LogP contribution in [-0.4, -0.2) is 54.7 Å². The number of nitrogens with one attached hydrogen (secondary N) is 2. The molecule has 0 bridgehead atoms. The standard InChI is InChI=1S/C27H37N3O4/c1-18-7-10-24(26(31)29-18)30-17-20-15-21(8-9-22(20)27(30)32)34-25-6-4-2-3-5-23(25)28-16-19-11-13-33-14-12-19/h8-9,15,19,23-25,28H,1-7,10-14,16-17H2,(H,29,31)/t23-,24?,25+/m0/s1. The summed E-state index contributed by atoms with van der Waals surface area (Å²) in [5, 5.41) is 6.62. The van der Waals surface area contributed by atoms with E-state index in [2.05, 4.69) is 17.2 Å². The number of hydrogen-bond donors (Lipinski definition) is 2. The van der Waals surface area contributed by atoms with E-state index in [0.717, 1.165) is 62.5 Å². The molecule has 2 saturated heterocycles. The fourth-order valence-electron chi connectivity index (χ4n) is 5.80. The lowest BCUT2D eigenvalue weighted by atomic mass is 9.98. The highest BCUT2D eigenvalue weighted by Crippen LogP contribution is 2.32. The van der Waals surface area contributed by atoms with Crippen LogP contribution in [0.5, 0.6) is 5.75 Å². The highest BCUT2D eigenvalue weighted by atomic mass is 16.5. The quantitative estimate of drug-likeness (QED) is 0.626. The number of fused-ring (bicyclic) bond motifs is 1. The predicted molar refractivity (Wildman–Crippen MR) is 129 cm³/mol. The van der Waals surface area contributed by atoms with Crippen molar-refractivity contribution >= 4 is 11.8 Å². The van der Waals surface area contributed by atoms with Crippen molar-refractivity contribution in [2.45, 2.75) is 82.5 Å². The Kier molecular flexibility index (Phi) is 7.21. The van der Waals surface area contributed by atoms with Gasteiger partial charge in [-0.05, 0) is 81.2 Å². The van der Waals surface area contributed by atoms with Gasteiger partial charge in [0.15, 0.2) is 0 Å². The van der Waals surface area contributed by atoms with Crippen LogP contribution in [0.1, 0.15) is 73.7 Å². The van der Waals surface area contributed by atoms with Crippen molar-refractivity contribution < 1.29 is 19.1 Å². The first kappa shape index (κ1) is 23.4. The van der Waals surface area contributed by atoms with E-state index >= 15 is 0 Å². The van der Waals surface area contributed by atoms with Crippen LogP contribution >= 0.6 is 0 Å². The van der Waals surface area contributed by atoms with Crippen LogP contribution in [0.2, 0.25) is 0 Å². The summed E-state index contributed by atoms with van der Waals surface area (Å²) in [5.74, 6) is 1.30. The molecule has 2 N–H and O–H groups in total. The van der Waals surface area contributed by atoms with Crippen LogP contribution in [-0.2, 0) is 16.1 Å². The number of allylic oxidation sites excluding steroid dienone is 1. The zero-order valence-corrected chi connectivity index (χ0v) is 20.0. The van der Waals surface area contributed by atoms with E-state index in [0.29, 0.717) is 36.9 Å². The number of rotatable bonds is 6. The Morgan fingerprint density at radius 2 is 1.91 bits per heavy atom. The molecule has 2 amide bonds. The molecule has 34 heavy (non-hydrogen) atoms. The molecule has 7 nitrogen and oxygen atoms in total. The number of amides is 2. The molecule has 0 radical (unpaired) electrons. The van der Waals surface area contributed by atoms with Gasteiger partial charge in [0.05, 0.1) is 0 Å². The van der Waals surface area contributed by atoms with Crippen molar-refractivity contribution in [1.82, 2.24) is 15.5 Å². The van der Waals surface area contributed by atoms with E-state index < -0.39 is 6.04 Å². The maximum atomic E-state index is 13.0. The summed E-state index contributed by atoms with van der Waals surface area (Å²) >= 11 is 0. The molecule has 1 aromatic rings. The fourth-order valence-corrected chi connectivity index (χ4v) is 5.80. The molecular weight excluding hydrogens is 430 g/mol. The van der Waals surface area contributed by atoms with Crippen molar-refractivity contribution in [3.05, 3.63) is 41.6 Å². The lowest BCUT2D eigenvalue weighted by Crippen LogP contribution is -2.49. The SMILES string of the molecule is C=C1CCC(N2Cc3cc(O[C@@H]4CCCCC[C@@H]4NCC4CCOCC4)ccc3C2=O)C(=O)N1. The molecule has 4 aliphatic rings. The van der Waals surface area contributed by atoms with Gasteiger partial charge in [-0.3, -0.25) is 9.59 Å². The van der Waals surface area contributed by atoms with E-state index in [1.807, 2.05) is 18.2 Å². The van der Waals surface area contributed by atoms with Crippen LogP contribution < -0.4 is 15.4 Å². The molecular formula is C27H37N3O4. The Hall–Kier alpha value is -2.38. The van der Waals surface area contributed by atoms with Gasteiger partial charge < -0.3 is 25.0 Å². The van der Waals surface area contributed by atoms with Crippen molar-refractivity contribution in [3.63, 3.8) is 0 Å². The van der Waals surface area contributed by atoms with Crippen molar-refractivity contribution in [1.29, 1.82) is 0 Å². The second-order valence-corrected chi connectivity index (χ2v) is 10.3. The van der Waals surface area contributed by atoms with Crippen LogP contribution in [0.25, 0.3) is 0 Å². The minimum absolute atomic E-state index is 0.0697. The zero-order valence-electron chi connectivity index (χ0n) is 20.0. The molecule has 3 atom stereocenters. The minimum Gasteiger partial charge on any atom is -0.489 e. The van der Waals surface area contributed by atoms with Crippen LogP contribution in [0.15, 0.2) is 30.5 Å². The number of hydrogen-bond acceptors (Lipinski definition) is 5. The Bertz CT molecular complexity index is 926. The molecule has 0 aromatic heterocycles. The molecule has 1 unspecified atom stereocenters. The fraction of sp³-hybridized carbons (Fsp3) is 0.630. The van der Waals surface area contributed by atoms with Gasteiger partial charge in [-0.2, -0.15) is 0 Å². The van der Waals surface area contributed by atoms with Gasteiger partial charge in [0, 0.05) is 37.1 Å². The molecule has 3 fully saturated rings. The maximum absolute atomic E-state index is 13.0. The normalized spacial score (nSPS) is 28.4. The topological polar surface area (TPSA) is 79.9 Å². The summed E-state index contributed by atoms with van der Waals surface area (Å²) < 4.78 is 12.1. The van der Waals surface area contributed by atoms with Gasteiger partial charge in [0.25, 0.3) is 5.91 Å². The Morgan fingerprint density at radius 3 is 2.74 bits per heavy atom. The van der Waals surface area contributed by atoms with Crippen molar-refractivity contribution in [3.8, 4) is 5.75 Å². The summed E-state index contributed by atoms with van der Waals surface area (Å²) in [6.07, 6.45) is 9.55. The third-order valence-corrected chi connectivity index (χ3v) is 7.86. The molecule has 1 aliphatic carbocycles. The van der Waals surface area contributed by atoms with Crippen LogP contribution in [0.4, 0.5) is 0 Å². The monoisotopic (exact) mass is 467 g/mol. The lowest BCUT2D eigenvalue weighted by molar-refractivity contribution is -0.126. The van der Waals surface area contributed by atoms with E-state index in [4.69, 9.17) is 9.47 Å². The number of piperidine rings is 1. The summed E-state index contributed by atoms with van der Waals surface area (Å²) in [7, 11) is 0. The van der Waals surface area contributed by atoms with Crippen LogP contribution in [0, 0.1) is 5.92 Å². The van der Waals surface area contributed by atoms with Gasteiger partial charge in [-0.25, -0.2) is 0 Å². The molecule has 1 saturated carbocycles. The molecule has 3 aliphatic heterocycles. The average molecular weight is 468 g/mol. The summed E-state index contributed by atoms with van der Waals surface area (Å²) in [5.41, 5.74) is 2.35. The summed E-state index contributed by atoms with van der Waals surface area (Å²) in [4.78, 5) is 27.2. The summed E-state index contributed by atoms with van der Waals surface area (Å²) in [6, 6.07) is 5.70. The van der Waals surface area contributed by atoms with Gasteiger partial charge in [0.2, 0.25) is 5.91 Å². The van der Waals surface area contributed by atoms with Crippen LogP contribution in [0.3, 0.4) is 0 Å². The molecule has 3 heterocycles. The molecule has 5 rings (SSSR count). The summed E-state index contributed by atoms with van der Waals surface area (Å²) in [6.45, 7) is 7.06. The van der Waals surface area contributed by atoms with Gasteiger partial charge >= 0.3 is 0 Å². The first-order valence-corrected chi connectivity index (χ1v) is 13.0. The number of benzene rings is 1. The number of ether oxygens (including phenoxy) is 2. The Balaban J connectivity index is 1.24. The molecule has 0 spiro atoms. The van der Waals surface area contributed by atoms with Gasteiger partial charge in [0.1, 0.15) is 17.9 Å².